The van der Waals surface area contributed by atoms with E-state index in [4.69, 9.17) is 10.6 Å². The Kier molecular flexibility index (Phi) is 2.56. The van der Waals surface area contributed by atoms with Crippen molar-refractivity contribution in [2.45, 2.75) is 32.2 Å². The van der Waals surface area contributed by atoms with E-state index in [1.54, 1.807) is 0 Å². The molecule has 1 saturated carbocycles. The first-order valence-corrected chi connectivity index (χ1v) is 5.09. The van der Waals surface area contributed by atoms with Crippen LogP contribution in [0.5, 0.6) is 0 Å². The van der Waals surface area contributed by atoms with Gasteiger partial charge in [-0.15, -0.1) is 0 Å². The highest BCUT2D eigenvalue weighted by molar-refractivity contribution is 5.15. The minimum atomic E-state index is 0.357. The quantitative estimate of drug-likeness (QED) is 0.509. The number of hydrogen-bond donors (Lipinski definition) is 2. The fourth-order valence-corrected chi connectivity index (χ4v) is 2.13. The summed E-state index contributed by atoms with van der Waals surface area (Å²) in [5.74, 6) is 7.12. The van der Waals surface area contributed by atoms with Crippen LogP contribution in [0.25, 0.3) is 0 Å². The van der Waals surface area contributed by atoms with Crippen molar-refractivity contribution in [1.82, 2.24) is 5.43 Å². The molecule has 0 aromatic carbocycles. The molecule has 0 spiro atoms. The Morgan fingerprint density at radius 2 is 2.46 bits per heavy atom. The second kappa shape index (κ2) is 3.68. The van der Waals surface area contributed by atoms with E-state index in [0.717, 1.165) is 31.3 Å². The number of nitrogens with one attached hydrogen (secondary N) is 1. The van der Waals surface area contributed by atoms with Crippen molar-refractivity contribution in [3.05, 3.63) is 11.8 Å². The fraction of sp³-hybridized carbons (Fsp3) is 0.800. The maximum Gasteiger partial charge on any atom is 0.0876 e. The molecule has 3 unspecified atom stereocenters. The van der Waals surface area contributed by atoms with Gasteiger partial charge in [0.1, 0.15) is 0 Å². The average molecular weight is 182 g/mol. The summed E-state index contributed by atoms with van der Waals surface area (Å²) in [6.07, 6.45) is 5.47. The van der Waals surface area contributed by atoms with E-state index in [1.807, 2.05) is 6.26 Å². The first kappa shape index (κ1) is 9.03. The minimum Gasteiger partial charge on any atom is -0.501 e. The molecule has 1 aliphatic carbocycles. The zero-order valence-electron chi connectivity index (χ0n) is 8.12. The van der Waals surface area contributed by atoms with Crippen molar-refractivity contribution in [2.75, 3.05) is 6.61 Å². The third kappa shape index (κ3) is 1.86. The Bertz CT molecular complexity index is 215. The molecular formula is C10H18N2O. The smallest absolute Gasteiger partial charge is 0.0876 e. The summed E-state index contributed by atoms with van der Waals surface area (Å²) in [6.45, 7) is 3.14. The molecule has 74 valence electrons. The summed E-state index contributed by atoms with van der Waals surface area (Å²) in [5, 5.41) is 0. The van der Waals surface area contributed by atoms with E-state index < -0.39 is 0 Å². The second-order valence-corrected chi connectivity index (χ2v) is 4.19. The molecule has 1 heterocycles. The lowest BCUT2D eigenvalue weighted by Crippen LogP contribution is -2.39. The number of hydrazine groups is 1. The molecule has 3 heteroatoms. The Morgan fingerprint density at radius 1 is 1.69 bits per heavy atom. The highest BCUT2D eigenvalue weighted by Crippen LogP contribution is 2.43. The van der Waals surface area contributed by atoms with E-state index in [-0.39, 0.29) is 0 Å². The zero-order valence-corrected chi connectivity index (χ0v) is 8.12. The lowest BCUT2D eigenvalue weighted by atomic mass is 9.98. The van der Waals surface area contributed by atoms with Crippen molar-refractivity contribution in [3.63, 3.8) is 0 Å². The Labute approximate surface area is 79.3 Å². The standard InChI is InChI=1S/C10H18N2O/c1-7-5-9(7)10(12-11)8-3-2-4-13-6-8/h6-7,9-10,12H,2-5,11H2,1H3. The Balaban J connectivity index is 1.99. The maximum atomic E-state index is 5.56. The molecule has 2 aliphatic rings. The van der Waals surface area contributed by atoms with Gasteiger partial charge in [-0.25, -0.2) is 0 Å². The predicted molar refractivity (Wildman–Crippen MR) is 51.7 cm³/mol. The molecule has 0 aromatic rings. The SMILES string of the molecule is CC1CC1C(NN)C1=COCCC1. The number of nitrogens with two attached hydrogens (primary N) is 1. The third-order valence-corrected chi connectivity index (χ3v) is 3.14. The van der Waals surface area contributed by atoms with E-state index >= 15 is 0 Å². The van der Waals surface area contributed by atoms with Gasteiger partial charge in [-0.2, -0.15) is 0 Å². The van der Waals surface area contributed by atoms with Crippen molar-refractivity contribution in [3.8, 4) is 0 Å². The van der Waals surface area contributed by atoms with Gasteiger partial charge in [0.05, 0.1) is 12.9 Å². The Hall–Kier alpha value is -0.540. The average Bonchev–Trinajstić information content (AvgIpc) is 2.86. The fourth-order valence-electron chi connectivity index (χ4n) is 2.13. The van der Waals surface area contributed by atoms with Crippen molar-refractivity contribution >= 4 is 0 Å². The molecule has 0 amide bonds. The van der Waals surface area contributed by atoms with Crippen LogP contribution in [-0.2, 0) is 4.74 Å². The largest absolute Gasteiger partial charge is 0.501 e. The number of hydrogen-bond acceptors (Lipinski definition) is 3. The molecule has 3 N–H and O–H groups in total. The summed E-state index contributed by atoms with van der Waals surface area (Å²) in [7, 11) is 0. The molecule has 0 saturated heterocycles. The monoisotopic (exact) mass is 182 g/mol. The van der Waals surface area contributed by atoms with E-state index in [0.29, 0.717) is 6.04 Å². The lowest BCUT2D eigenvalue weighted by molar-refractivity contribution is 0.217. The van der Waals surface area contributed by atoms with Crippen LogP contribution in [0.15, 0.2) is 11.8 Å². The van der Waals surface area contributed by atoms with Crippen molar-refractivity contribution in [2.24, 2.45) is 17.7 Å². The van der Waals surface area contributed by atoms with Crippen LogP contribution in [0.2, 0.25) is 0 Å². The van der Waals surface area contributed by atoms with Gasteiger partial charge < -0.3 is 4.74 Å². The van der Waals surface area contributed by atoms with Crippen LogP contribution in [0, 0.1) is 11.8 Å². The van der Waals surface area contributed by atoms with Crippen LogP contribution in [0.1, 0.15) is 26.2 Å². The highest BCUT2D eigenvalue weighted by atomic mass is 16.5. The van der Waals surface area contributed by atoms with E-state index in [1.165, 1.54) is 12.0 Å². The van der Waals surface area contributed by atoms with Gasteiger partial charge in [-0.1, -0.05) is 6.92 Å². The summed E-state index contributed by atoms with van der Waals surface area (Å²) >= 11 is 0. The lowest BCUT2D eigenvalue weighted by Gasteiger charge is -2.22. The van der Waals surface area contributed by atoms with Gasteiger partial charge >= 0.3 is 0 Å². The van der Waals surface area contributed by atoms with Crippen molar-refractivity contribution < 1.29 is 4.74 Å². The first-order chi connectivity index (χ1) is 6.33. The molecule has 0 aromatic heterocycles. The van der Waals surface area contributed by atoms with Gasteiger partial charge in [0.15, 0.2) is 0 Å². The van der Waals surface area contributed by atoms with Crippen LogP contribution in [0.4, 0.5) is 0 Å². The maximum absolute atomic E-state index is 5.56. The summed E-state index contributed by atoms with van der Waals surface area (Å²) in [4.78, 5) is 0. The van der Waals surface area contributed by atoms with Crippen LogP contribution < -0.4 is 11.3 Å². The zero-order chi connectivity index (χ0) is 9.26. The highest BCUT2D eigenvalue weighted by Gasteiger charge is 2.40. The van der Waals surface area contributed by atoms with E-state index in [2.05, 4.69) is 12.3 Å². The van der Waals surface area contributed by atoms with Crippen molar-refractivity contribution in [1.29, 1.82) is 0 Å². The molecule has 0 radical (unpaired) electrons. The minimum absolute atomic E-state index is 0.357. The van der Waals surface area contributed by atoms with Gasteiger partial charge in [-0.3, -0.25) is 11.3 Å². The molecule has 2 rings (SSSR count). The van der Waals surface area contributed by atoms with Crippen LogP contribution in [0.3, 0.4) is 0 Å². The van der Waals surface area contributed by atoms with Gasteiger partial charge in [0.2, 0.25) is 0 Å². The Morgan fingerprint density at radius 3 is 2.92 bits per heavy atom. The van der Waals surface area contributed by atoms with Crippen LogP contribution >= 0.6 is 0 Å². The molecule has 1 fully saturated rings. The molecular weight excluding hydrogens is 164 g/mol. The number of ether oxygens (including phenoxy) is 1. The van der Waals surface area contributed by atoms with Gasteiger partial charge in [0, 0.05) is 6.04 Å². The molecule has 0 bridgehead atoms. The summed E-state index contributed by atoms with van der Waals surface area (Å²) in [6, 6.07) is 0.357. The predicted octanol–water partition coefficient (Wildman–Crippen LogP) is 1.17. The topological polar surface area (TPSA) is 47.3 Å². The van der Waals surface area contributed by atoms with Gasteiger partial charge in [-0.05, 0) is 36.7 Å². The second-order valence-electron chi connectivity index (χ2n) is 4.19. The molecule has 13 heavy (non-hydrogen) atoms. The van der Waals surface area contributed by atoms with Gasteiger partial charge in [0.25, 0.3) is 0 Å². The third-order valence-electron chi connectivity index (χ3n) is 3.14. The summed E-state index contributed by atoms with van der Waals surface area (Å²) < 4.78 is 5.32. The molecule has 3 nitrogen and oxygen atoms in total. The number of rotatable bonds is 3. The van der Waals surface area contributed by atoms with Crippen LogP contribution in [-0.4, -0.2) is 12.6 Å². The first-order valence-electron chi connectivity index (χ1n) is 5.09. The van der Waals surface area contributed by atoms with E-state index in [9.17, 15) is 0 Å². The summed E-state index contributed by atoms with van der Waals surface area (Å²) in [5.41, 5.74) is 4.27. The molecule has 3 atom stereocenters. The normalized spacial score (nSPS) is 34.8. The molecule has 1 aliphatic heterocycles.